The second-order valence-electron chi connectivity index (χ2n) is 19.0. The summed E-state index contributed by atoms with van der Waals surface area (Å²) in [5, 5.41) is 20.0. The van der Waals surface area contributed by atoms with Crippen molar-refractivity contribution in [2.24, 2.45) is 5.41 Å². The van der Waals surface area contributed by atoms with Crippen LogP contribution in [0.2, 0.25) is 0 Å². The van der Waals surface area contributed by atoms with Crippen molar-refractivity contribution < 1.29 is 81.0 Å². The Balaban J connectivity index is 1.69. The fourth-order valence-electron chi connectivity index (χ4n) is 9.75. The molecule has 0 radical (unpaired) electrons. The van der Waals surface area contributed by atoms with Crippen LogP contribution in [0.3, 0.4) is 0 Å². The van der Waals surface area contributed by atoms with Gasteiger partial charge in [0.2, 0.25) is 17.4 Å². The Morgan fingerprint density at radius 2 is 1.29 bits per heavy atom. The lowest BCUT2D eigenvalue weighted by Gasteiger charge is -2.45. The summed E-state index contributed by atoms with van der Waals surface area (Å²) in [6.07, 6.45) is 5.56. The molecule has 3 heterocycles. The minimum Gasteiger partial charge on any atom is -0.492 e. The Kier molecular flexibility index (Phi) is 15.7. The molecule has 0 spiro atoms. The van der Waals surface area contributed by atoms with Crippen molar-refractivity contribution in [3.8, 4) is 11.8 Å². The van der Waals surface area contributed by atoms with Gasteiger partial charge in [0.1, 0.15) is 6.61 Å². The molecule has 20 nitrogen and oxygen atoms in total. The summed E-state index contributed by atoms with van der Waals surface area (Å²) < 4.78 is 145. The molecule has 0 saturated heterocycles. The highest BCUT2D eigenvalue weighted by Crippen LogP contribution is 2.55. The largest absolute Gasteiger partial charge is 0.492 e. The number of nitrogens with zero attached hydrogens (tertiary/aromatic N) is 3. The van der Waals surface area contributed by atoms with E-state index in [-0.39, 0.29) is 51.7 Å². The topological polar surface area (TPSA) is 305 Å². The standard InChI is InChI=1S/C44H59N3O17S4/c1-41(2,22-19-40(50)64-47-38(48)17-18-39(47)49)29-42(3,4)46-35-16-14-31(68(60,61)62)28-33(35)44(6,21-10-26-66(54,55)56)37(46)12-8-11-36-43(5,20-9-25-65(51,52)53)32-27-30(67(57,58)59)13-15-34(32)45(36)23-24-63-7/h8,11-18,27-28H,9-10,19-26,29H2,1-7H3,(H5-,48,49,51,52,53,54,55,56,57,58,59,60,61,62)/p+1. The summed E-state index contributed by atoms with van der Waals surface area (Å²) in [6, 6.07) is 10.4. The predicted molar refractivity (Wildman–Crippen MR) is 251 cm³/mol. The van der Waals surface area contributed by atoms with Crippen molar-refractivity contribution in [1.82, 2.24) is 4.73 Å². The van der Waals surface area contributed by atoms with Crippen molar-refractivity contribution >= 4 is 63.5 Å². The molecule has 1 aromatic heterocycles. The van der Waals surface area contributed by atoms with Crippen LogP contribution >= 0.6 is 0 Å². The SMILES string of the molecule is COCC[N+]1=C(C=CC=C2N(C(C)(C)CC(C)(C)CCC(=O)On3c(O)ccc3O)c3ccc(S(=O)(=O)O)cc3C2(C)CCCS(=O)(=O)O)C(C)(CCCS(=O)(=O)O)c2cc(S(=O)(=O)O)ccc21. The fourth-order valence-corrected chi connectivity index (χ4v) is 11.8. The smallest absolute Gasteiger partial charge is 0.333 e. The Hall–Kier alpha value is -4.66. The minimum atomic E-state index is -4.76. The summed E-state index contributed by atoms with van der Waals surface area (Å²) in [4.78, 5) is 19.3. The molecule has 376 valence electrons. The third-order valence-electron chi connectivity index (χ3n) is 12.6. The van der Waals surface area contributed by atoms with Gasteiger partial charge in [0.15, 0.2) is 12.3 Å². The zero-order chi connectivity index (χ0) is 51.1. The van der Waals surface area contributed by atoms with E-state index >= 15 is 0 Å². The molecular formula is C44H60N3O17S4+. The summed E-state index contributed by atoms with van der Waals surface area (Å²) in [6.45, 7) is 11.6. The molecule has 6 N–H and O–H groups in total. The van der Waals surface area contributed by atoms with Gasteiger partial charge >= 0.3 is 5.97 Å². The lowest BCUT2D eigenvalue weighted by molar-refractivity contribution is -0.441. The number of fused-ring (bicyclic) bond motifs is 2. The number of aromatic hydroxyl groups is 2. The van der Waals surface area contributed by atoms with Gasteiger partial charge in [0, 0.05) is 65.7 Å². The van der Waals surface area contributed by atoms with Gasteiger partial charge in [-0.25, -0.2) is 4.79 Å². The quantitative estimate of drug-likeness (QED) is 0.0528. The highest BCUT2D eigenvalue weighted by Gasteiger charge is 2.51. The number of aromatic nitrogens is 1. The molecule has 68 heavy (non-hydrogen) atoms. The number of carbonyl (C=O) groups excluding carboxylic acids is 1. The monoisotopic (exact) mass is 1030 g/mol. The Morgan fingerprint density at radius 1 is 0.765 bits per heavy atom. The first-order valence-electron chi connectivity index (χ1n) is 21.4. The summed E-state index contributed by atoms with van der Waals surface area (Å²) in [7, 11) is -16.8. The normalized spacial score (nSPS) is 19.9. The second kappa shape index (κ2) is 19.6. The maximum Gasteiger partial charge on any atom is 0.333 e. The van der Waals surface area contributed by atoms with Crippen molar-refractivity contribution in [2.45, 2.75) is 113 Å². The average molecular weight is 1030 g/mol. The molecule has 5 rings (SSSR count). The van der Waals surface area contributed by atoms with Gasteiger partial charge in [-0.2, -0.15) is 38.2 Å². The van der Waals surface area contributed by atoms with Gasteiger partial charge in [0.05, 0.1) is 26.7 Å². The maximum atomic E-state index is 12.9. The van der Waals surface area contributed by atoms with E-state index in [2.05, 4.69) is 0 Å². The number of anilines is 1. The number of rotatable bonds is 22. The van der Waals surface area contributed by atoms with E-state index in [0.29, 0.717) is 45.1 Å². The number of ether oxygens (including phenoxy) is 1. The molecule has 2 aliphatic rings. The van der Waals surface area contributed by atoms with E-state index in [1.165, 1.54) is 43.5 Å². The number of allylic oxidation sites excluding steroid dienone is 4. The van der Waals surface area contributed by atoms with E-state index in [0.717, 1.165) is 12.1 Å². The first-order chi connectivity index (χ1) is 31.1. The van der Waals surface area contributed by atoms with E-state index in [4.69, 9.17) is 9.57 Å². The maximum absolute atomic E-state index is 12.9. The number of hydrogen-bond acceptors (Lipinski definition) is 14. The lowest BCUT2D eigenvalue weighted by Crippen LogP contribution is -2.47. The molecule has 0 fully saturated rings. The molecule has 2 aromatic carbocycles. The average Bonchev–Trinajstić information content (AvgIpc) is 3.73. The first kappa shape index (κ1) is 54.3. The van der Waals surface area contributed by atoms with E-state index in [9.17, 15) is 66.9 Å². The first-order valence-corrected chi connectivity index (χ1v) is 27.5. The van der Waals surface area contributed by atoms with Crippen LogP contribution in [-0.4, -0.2) is 120 Å². The van der Waals surface area contributed by atoms with Crippen LogP contribution in [0.4, 0.5) is 11.4 Å². The zero-order valence-corrected chi connectivity index (χ0v) is 42.0. The van der Waals surface area contributed by atoms with Crippen molar-refractivity contribution in [3.05, 3.63) is 83.6 Å². The van der Waals surface area contributed by atoms with E-state index < -0.39 is 101 Å². The molecule has 0 aliphatic carbocycles. The molecule has 0 saturated carbocycles. The lowest BCUT2D eigenvalue weighted by atomic mass is 9.74. The van der Waals surface area contributed by atoms with Crippen LogP contribution < -0.4 is 9.74 Å². The Morgan fingerprint density at radius 3 is 1.82 bits per heavy atom. The molecule has 3 aromatic rings. The summed E-state index contributed by atoms with van der Waals surface area (Å²) in [5.41, 5.74) is -1.00. The van der Waals surface area contributed by atoms with Gasteiger partial charge in [0.25, 0.3) is 40.5 Å². The molecule has 2 unspecified atom stereocenters. The summed E-state index contributed by atoms with van der Waals surface area (Å²) in [5.74, 6) is -2.96. The van der Waals surface area contributed by atoms with Crippen molar-refractivity contribution in [1.29, 1.82) is 0 Å². The Bertz CT molecular complexity index is 2970. The van der Waals surface area contributed by atoms with Gasteiger partial charge in [-0.05, 0) is 114 Å². The van der Waals surface area contributed by atoms with Crippen LogP contribution in [0.5, 0.6) is 11.8 Å². The van der Waals surface area contributed by atoms with Crippen molar-refractivity contribution in [2.75, 3.05) is 36.7 Å². The molecule has 2 aliphatic heterocycles. The Labute approximate surface area is 397 Å². The van der Waals surface area contributed by atoms with Crippen LogP contribution in [0.25, 0.3) is 0 Å². The van der Waals surface area contributed by atoms with Crippen molar-refractivity contribution in [3.63, 3.8) is 0 Å². The molecule has 24 heteroatoms. The minimum absolute atomic E-state index is 0.0308. The van der Waals surface area contributed by atoms with Gasteiger partial charge in [-0.15, -0.1) is 4.73 Å². The van der Waals surface area contributed by atoms with E-state index in [1.54, 1.807) is 32.1 Å². The van der Waals surface area contributed by atoms with Crippen LogP contribution in [0.1, 0.15) is 97.6 Å². The van der Waals surface area contributed by atoms with E-state index in [1.807, 2.05) is 37.2 Å². The number of methoxy groups -OCH3 is 1. The van der Waals surface area contributed by atoms with Gasteiger partial charge < -0.3 is 24.7 Å². The fraction of sp³-hybridized carbons (Fsp3) is 0.500. The van der Waals surface area contributed by atoms with Gasteiger partial charge in [-0.1, -0.05) is 19.9 Å². The van der Waals surface area contributed by atoms with Crippen LogP contribution in [0.15, 0.2) is 82.2 Å². The third-order valence-corrected chi connectivity index (χ3v) is 15.9. The van der Waals surface area contributed by atoms with Gasteiger partial charge in [-0.3, -0.25) is 18.2 Å². The molecular weight excluding hydrogens is 971 g/mol. The van der Waals surface area contributed by atoms with Crippen LogP contribution in [0, 0.1) is 5.41 Å². The number of hydrogen-bond donors (Lipinski definition) is 6. The second-order valence-corrected chi connectivity index (χ2v) is 25.0. The molecule has 2 atom stereocenters. The number of benzene rings is 2. The zero-order valence-electron chi connectivity index (χ0n) is 38.8. The molecule has 0 bridgehead atoms. The summed E-state index contributed by atoms with van der Waals surface area (Å²) >= 11 is 0. The number of carbonyl (C=O) groups is 1. The van der Waals surface area contributed by atoms with Crippen LogP contribution in [-0.2, 0) is 60.8 Å². The predicted octanol–water partition coefficient (Wildman–Crippen LogP) is 5.58. The molecule has 0 amide bonds. The highest BCUT2D eigenvalue weighted by atomic mass is 32.2. The third kappa shape index (κ3) is 12.4. The highest BCUT2D eigenvalue weighted by molar-refractivity contribution is 7.86.